The molecular weight excluding hydrogens is 442 g/mol. The first kappa shape index (κ1) is 22.4. The monoisotopic (exact) mass is 463 g/mol. The Hall–Kier alpha value is -3.82. The Balaban J connectivity index is 1.36. The number of hydrogen-bond donors (Lipinski definition) is 2. The first-order chi connectivity index (χ1) is 15.8. The van der Waals surface area contributed by atoms with Crippen molar-refractivity contribution >= 4 is 27.7 Å². The molecule has 0 bridgehead atoms. The maximum absolute atomic E-state index is 12.6. The van der Waals surface area contributed by atoms with Crippen molar-refractivity contribution in [1.29, 1.82) is 0 Å². The third kappa shape index (κ3) is 4.69. The Morgan fingerprint density at radius 1 is 0.818 bits per heavy atom. The highest BCUT2D eigenvalue weighted by Crippen LogP contribution is 2.23. The molecule has 3 N–H and O–H groups in total. The van der Waals surface area contributed by atoms with Gasteiger partial charge in [0.1, 0.15) is 0 Å². The lowest BCUT2D eigenvalue weighted by Gasteiger charge is -2.14. The maximum atomic E-state index is 12.6. The van der Waals surface area contributed by atoms with Gasteiger partial charge < -0.3 is 5.73 Å². The zero-order valence-electron chi connectivity index (χ0n) is 17.5. The molecule has 1 heterocycles. The molecular formula is C24H21N3O5S. The highest BCUT2D eigenvalue weighted by atomic mass is 32.2. The number of hydrogen-bond acceptors (Lipinski definition) is 5. The predicted octanol–water partition coefficient (Wildman–Crippen LogP) is 2.10. The van der Waals surface area contributed by atoms with E-state index in [1.807, 2.05) is 0 Å². The summed E-state index contributed by atoms with van der Waals surface area (Å²) in [5.74, 6) is -1.18. The van der Waals surface area contributed by atoms with Crippen LogP contribution in [0.2, 0.25) is 0 Å². The number of rotatable bonds is 8. The third-order valence-corrected chi connectivity index (χ3v) is 6.86. The van der Waals surface area contributed by atoms with E-state index in [1.54, 1.807) is 48.5 Å². The molecule has 0 radical (unpaired) electrons. The van der Waals surface area contributed by atoms with E-state index in [0.717, 1.165) is 5.56 Å². The zero-order valence-corrected chi connectivity index (χ0v) is 18.3. The molecule has 0 fully saturated rings. The fourth-order valence-corrected chi connectivity index (χ4v) is 4.58. The van der Waals surface area contributed by atoms with E-state index in [-0.39, 0.29) is 29.8 Å². The van der Waals surface area contributed by atoms with Gasteiger partial charge in [-0.25, -0.2) is 13.1 Å². The lowest BCUT2D eigenvalue weighted by molar-refractivity contribution is 0.0655. The van der Waals surface area contributed by atoms with Crippen LogP contribution < -0.4 is 10.5 Å². The van der Waals surface area contributed by atoms with Crippen molar-refractivity contribution in [1.82, 2.24) is 9.62 Å². The number of nitrogens with zero attached hydrogens (tertiary/aromatic N) is 1. The molecule has 3 aromatic rings. The normalized spacial score (nSPS) is 13.3. The van der Waals surface area contributed by atoms with E-state index in [4.69, 9.17) is 5.73 Å². The molecule has 0 saturated heterocycles. The molecule has 4 rings (SSSR count). The summed E-state index contributed by atoms with van der Waals surface area (Å²) < 4.78 is 27.7. The molecule has 0 unspecified atom stereocenters. The van der Waals surface area contributed by atoms with E-state index in [0.29, 0.717) is 28.7 Å². The van der Waals surface area contributed by atoms with Gasteiger partial charge in [0.2, 0.25) is 15.9 Å². The van der Waals surface area contributed by atoms with Crippen LogP contribution in [-0.2, 0) is 23.0 Å². The van der Waals surface area contributed by atoms with Gasteiger partial charge >= 0.3 is 0 Å². The van der Waals surface area contributed by atoms with Crippen molar-refractivity contribution in [3.05, 3.63) is 101 Å². The second-order valence-corrected chi connectivity index (χ2v) is 9.35. The smallest absolute Gasteiger partial charge is 0.261 e. The molecule has 1 aliphatic rings. The number of primary amides is 1. The van der Waals surface area contributed by atoms with Gasteiger partial charge in [-0.15, -0.1) is 0 Å². The summed E-state index contributed by atoms with van der Waals surface area (Å²) in [6.07, 6.45) is 0.408. The van der Waals surface area contributed by atoms with Crippen LogP contribution in [0.1, 0.15) is 42.2 Å². The van der Waals surface area contributed by atoms with Crippen LogP contribution in [-0.4, -0.2) is 37.6 Å². The van der Waals surface area contributed by atoms with Crippen LogP contribution in [0.4, 0.5) is 0 Å². The summed E-state index contributed by atoms with van der Waals surface area (Å²) in [6, 6.07) is 19.3. The van der Waals surface area contributed by atoms with E-state index in [2.05, 4.69) is 4.72 Å². The summed E-state index contributed by atoms with van der Waals surface area (Å²) in [5, 5.41) is 0. The Kier molecular flexibility index (Phi) is 6.08. The first-order valence-corrected chi connectivity index (χ1v) is 11.7. The van der Waals surface area contributed by atoms with Crippen molar-refractivity contribution < 1.29 is 22.8 Å². The van der Waals surface area contributed by atoms with Gasteiger partial charge in [-0.05, 0) is 53.9 Å². The molecule has 168 valence electrons. The van der Waals surface area contributed by atoms with Gasteiger partial charge in [0.05, 0.1) is 16.0 Å². The van der Waals surface area contributed by atoms with Gasteiger partial charge in [0, 0.05) is 18.7 Å². The molecule has 0 spiro atoms. The minimum absolute atomic E-state index is 0.0584. The quantitative estimate of drug-likeness (QED) is 0.495. The van der Waals surface area contributed by atoms with Gasteiger partial charge in [-0.1, -0.05) is 36.4 Å². The molecule has 9 heteroatoms. The van der Waals surface area contributed by atoms with Crippen molar-refractivity contribution in [2.24, 2.45) is 5.73 Å². The lowest BCUT2D eigenvalue weighted by Crippen LogP contribution is -2.31. The number of nitrogens with one attached hydrogen (secondary N) is 1. The van der Waals surface area contributed by atoms with Crippen LogP contribution >= 0.6 is 0 Å². The second-order valence-electron chi connectivity index (χ2n) is 7.59. The minimum atomic E-state index is -3.75. The molecule has 0 saturated carbocycles. The third-order valence-electron chi connectivity index (χ3n) is 5.44. The van der Waals surface area contributed by atoms with Gasteiger partial charge in [0.15, 0.2) is 0 Å². The number of imide groups is 1. The highest BCUT2D eigenvalue weighted by molar-refractivity contribution is 7.89. The lowest BCUT2D eigenvalue weighted by atomic mass is 10.1. The summed E-state index contributed by atoms with van der Waals surface area (Å²) in [4.78, 5) is 37.3. The van der Waals surface area contributed by atoms with Crippen LogP contribution in [0, 0.1) is 0 Å². The summed E-state index contributed by atoms with van der Waals surface area (Å²) in [7, 11) is -3.75. The molecule has 0 atom stereocenters. The van der Waals surface area contributed by atoms with E-state index in [9.17, 15) is 22.8 Å². The first-order valence-electron chi connectivity index (χ1n) is 10.2. The van der Waals surface area contributed by atoms with Crippen molar-refractivity contribution in [2.45, 2.75) is 17.9 Å². The molecule has 33 heavy (non-hydrogen) atoms. The van der Waals surface area contributed by atoms with Crippen molar-refractivity contribution in [3.63, 3.8) is 0 Å². The van der Waals surface area contributed by atoms with Crippen LogP contribution in [0.15, 0.2) is 77.7 Å². The van der Waals surface area contributed by atoms with Crippen LogP contribution in [0.5, 0.6) is 0 Å². The Morgan fingerprint density at radius 3 is 1.91 bits per heavy atom. The fraction of sp³-hybridized carbons (Fsp3) is 0.125. The maximum Gasteiger partial charge on any atom is 0.261 e. The van der Waals surface area contributed by atoms with Crippen molar-refractivity contribution in [2.75, 3.05) is 6.54 Å². The Bertz CT molecular complexity index is 1300. The van der Waals surface area contributed by atoms with E-state index in [1.165, 1.54) is 29.2 Å². The summed E-state index contributed by atoms with van der Waals surface area (Å²) in [6.45, 7) is 0.265. The molecule has 3 amide bonds. The van der Waals surface area contributed by atoms with Gasteiger partial charge in [0.25, 0.3) is 11.8 Å². The number of carbonyl (C=O) groups is 3. The molecule has 3 aromatic carbocycles. The van der Waals surface area contributed by atoms with Crippen LogP contribution in [0.3, 0.4) is 0 Å². The highest BCUT2D eigenvalue weighted by Gasteiger charge is 2.34. The van der Waals surface area contributed by atoms with E-state index < -0.39 is 15.9 Å². The summed E-state index contributed by atoms with van der Waals surface area (Å²) >= 11 is 0. The number of amides is 3. The predicted molar refractivity (Wildman–Crippen MR) is 121 cm³/mol. The zero-order chi connectivity index (χ0) is 23.6. The van der Waals surface area contributed by atoms with E-state index >= 15 is 0 Å². The molecule has 1 aliphatic heterocycles. The van der Waals surface area contributed by atoms with Gasteiger partial charge in [-0.3, -0.25) is 19.3 Å². The average molecular weight is 464 g/mol. The summed E-state index contributed by atoms with van der Waals surface area (Å²) in [5.41, 5.74) is 7.83. The number of benzene rings is 3. The topological polar surface area (TPSA) is 127 Å². The number of nitrogens with two attached hydrogens (primary N) is 1. The standard InChI is InChI=1S/C24H21N3O5S/c25-22(28)18-9-5-17(6-10-18)15-26-33(31,32)19-11-7-16(8-12-19)13-14-27-23(29)20-3-1-2-4-21(20)24(27)30/h1-12,26H,13-15H2,(H2,25,28). The number of fused-ring (bicyclic) bond motifs is 1. The molecule has 0 aromatic heterocycles. The Morgan fingerprint density at radius 2 is 1.36 bits per heavy atom. The molecule has 0 aliphatic carbocycles. The van der Waals surface area contributed by atoms with Gasteiger partial charge in [-0.2, -0.15) is 0 Å². The van der Waals surface area contributed by atoms with Crippen LogP contribution in [0.25, 0.3) is 0 Å². The number of sulfonamides is 1. The minimum Gasteiger partial charge on any atom is -0.366 e. The largest absolute Gasteiger partial charge is 0.366 e. The SMILES string of the molecule is NC(=O)c1ccc(CNS(=O)(=O)c2ccc(CCN3C(=O)c4ccccc4C3=O)cc2)cc1. The number of carbonyl (C=O) groups excluding carboxylic acids is 3. The fourth-order valence-electron chi connectivity index (χ4n) is 3.57. The Labute approximate surface area is 191 Å². The molecule has 8 nitrogen and oxygen atoms in total. The van der Waals surface area contributed by atoms with Crippen molar-refractivity contribution in [3.8, 4) is 0 Å². The second kappa shape index (κ2) is 8.97. The average Bonchev–Trinajstić information content (AvgIpc) is 3.06.